The predicted octanol–water partition coefficient (Wildman–Crippen LogP) is 2.19. The number of hydrogen-bond donors (Lipinski definition) is 1. The number of hydrogen-bond acceptors (Lipinski definition) is 3. The Balaban J connectivity index is 2.53. The Morgan fingerprint density at radius 2 is 2.11 bits per heavy atom. The van der Waals surface area contributed by atoms with Gasteiger partial charge in [-0.3, -0.25) is 4.68 Å². The molecule has 0 radical (unpaired) electrons. The van der Waals surface area contributed by atoms with E-state index in [1.54, 1.807) is 17.9 Å². The number of aromatic nitrogens is 2. The fourth-order valence-corrected chi connectivity index (χ4v) is 2.29. The zero-order valence-corrected chi connectivity index (χ0v) is 11.6. The summed E-state index contributed by atoms with van der Waals surface area (Å²) in [6.07, 6.45) is 0. The van der Waals surface area contributed by atoms with Crippen molar-refractivity contribution in [2.45, 2.75) is 13.0 Å². The van der Waals surface area contributed by atoms with Gasteiger partial charge in [-0.25, -0.2) is 4.39 Å². The number of ether oxygens (including phenoxy) is 1. The molecule has 1 atom stereocenters. The van der Waals surface area contributed by atoms with E-state index in [2.05, 4.69) is 10.4 Å². The Hall–Kier alpha value is -1.88. The minimum absolute atomic E-state index is 0.170. The molecule has 0 amide bonds. The Bertz CT molecular complexity index is 580. The fourth-order valence-electron chi connectivity index (χ4n) is 2.29. The van der Waals surface area contributed by atoms with Gasteiger partial charge in [0, 0.05) is 12.6 Å². The molecular formula is C14H18FN3O. The molecule has 4 nitrogen and oxygen atoms in total. The van der Waals surface area contributed by atoms with Crippen LogP contribution in [0.1, 0.15) is 23.0 Å². The zero-order chi connectivity index (χ0) is 14.0. The van der Waals surface area contributed by atoms with E-state index in [-0.39, 0.29) is 11.9 Å². The van der Waals surface area contributed by atoms with E-state index >= 15 is 0 Å². The molecule has 2 aromatic rings. The molecule has 0 fully saturated rings. The van der Waals surface area contributed by atoms with E-state index in [1.807, 2.05) is 27.1 Å². The minimum Gasteiger partial charge on any atom is -0.496 e. The largest absolute Gasteiger partial charge is 0.496 e. The van der Waals surface area contributed by atoms with E-state index in [0.717, 1.165) is 17.0 Å². The molecule has 0 bridgehead atoms. The summed E-state index contributed by atoms with van der Waals surface area (Å²) in [5.41, 5.74) is 2.64. The van der Waals surface area contributed by atoms with Crippen LogP contribution in [0.3, 0.4) is 0 Å². The standard InChI is InChI=1S/C14H18FN3O/c1-9-7-12(18(3)17-9)14(16-2)11-8-10(15)5-6-13(11)19-4/h5-8,14,16H,1-4H3. The van der Waals surface area contributed by atoms with Crippen molar-refractivity contribution in [3.05, 3.63) is 47.0 Å². The maximum absolute atomic E-state index is 13.5. The van der Waals surface area contributed by atoms with Crippen molar-refractivity contribution < 1.29 is 9.13 Å². The van der Waals surface area contributed by atoms with Gasteiger partial charge >= 0.3 is 0 Å². The van der Waals surface area contributed by atoms with Crippen LogP contribution in [0.2, 0.25) is 0 Å². The number of aryl methyl sites for hydroxylation is 2. The number of nitrogens with one attached hydrogen (secondary N) is 1. The summed E-state index contributed by atoms with van der Waals surface area (Å²) in [6, 6.07) is 6.33. The van der Waals surface area contributed by atoms with Crippen LogP contribution in [0.25, 0.3) is 0 Å². The second kappa shape index (κ2) is 5.40. The van der Waals surface area contributed by atoms with Crippen molar-refractivity contribution in [2.24, 2.45) is 7.05 Å². The lowest BCUT2D eigenvalue weighted by Gasteiger charge is -2.19. The average Bonchev–Trinajstić information content (AvgIpc) is 2.70. The minimum atomic E-state index is -0.282. The molecule has 5 heteroatoms. The van der Waals surface area contributed by atoms with Crippen molar-refractivity contribution in [1.29, 1.82) is 0 Å². The van der Waals surface area contributed by atoms with Gasteiger partial charge in [-0.05, 0) is 38.2 Å². The van der Waals surface area contributed by atoms with Gasteiger partial charge in [0.1, 0.15) is 11.6 Å². The zero-order valence-electron chi connectivity index (χ0n) is 11.6. The molecule has 0 saturated carbocycles. The SMILES string of the molecule is CNC(c1cc(F)ccc1OC)c1cc(C)nn1C. The number of rotatable bonds is 4. The maximum atomic E-state index is 13.5. The highest BCUT2D eigenvalue weighted by Gasteiger charge is 2.20. The van der Waals surface area contributed by atoms with Crippen molar-refractivity contribution >= 4 is 0 Å². The van der Waals surface area contributed by atoms with Gasteiger partial charge in [0.25, 0.3) is 0 Å². The molecule has 0 aliphatic heterocycles. The van der Waals surface area contributed by atoms with Crippen LogP contribution in [0, 0.1) is 12.7 Å². The number of benzene rings is 1. The molecular weight excluding hydrogens is 245 g/mol. The van der Waals surface area contributed by atoms with Crippen LogP contribution in [-0.4, -0.2) is 23.9 Å². The summed E-state index contributed by atoms with van der Waals surface area (Å²) in [5.74, 6) is 0.370. The number of nitrogens with zero attached hydrogens (tertiary/aromatic N) is 2. The van der Waals surface area contributed by atoms with Crippen molar-refractivity contribution in [2.75, 3.05) is 14.2 Å². The molecule has 1 unspecified atom stereocenters. The number of methoxy groups -OCH3 is 1. The van der Waals surface area contributed by atoms with Gasteiger partial charge in [0.05, 0.1) is 24.5 Å². The van der Waals surface area contributed by atoms with E-state index in [1.165, 1.54) is 12.1 Å². The van der Waals surface area contributed by atoms with E-state index in [4.69, 9.17) is 4.74 Å². The van der Waals surface area contributed by atoms with Gasteiger partial charge in [-0.1, -0.05) is 0 Å². The molecule has 1 aromatic heterocycles. The predicted molar refractivity (Wildman–Crippen MR) is 71.8 cm³/mol. The second-order valence-electron chi connectivity index (χ2n) is 4.44. The molecule has 102 valence electrons. The average molecular weight is 263 g/mol. The van der Waals surface area contributed by atoms with Crippen LogP contribution in [0.15, 0.2) is 24.3 Å². The molecule has 1 N–H and O–H groups in total. The molecule has 19 heavy (non-hydrogen) atoms. The summed E-state index contributed by atoms with van der Waals surface area (Å²) in [7, 11) is 5.29. The Morgan fingerprint density at radius 1 is 1.37 bits per heavy atom. The van der Waals surface area contributed by atoms with Crippen LogP contribution in [0.5, 0.6) is 5.75 Å². The first kappa shape index (κ1) is 13.5. The maximum Gasteiger partial charge on any atom is 0.124 e. The summed E-state index contributed by atoms with van der Waals surface area (Å²) < 4.78 is 20.6. The van der Waals surface area contributed by atoms with Crippen molar-refractivity contribution in [1.82, 2.24) is 15.1 Å². The molecule has 0 aliphatic carbocycles. The Labute approximate surface area is 112 Å². The quantitative estimate of drug-likeness (QED) is 0.919. The smallest absolute Gasteiger partial charge is 0.124 e. The van der Waals surface area contributed by atoms with Crippen LogP contribution >= 0.6 is 0 Å². The molecule has 0 aliphatic rings. The van der Waals surface area contributed by atoms with Crippen molar-refractivity contribution in [3.8, 4) is 5.75 Å². The van der Waals surface area contributed by atoms with Crippen LogP contribution in [0.4, 0.5) is 4.39 Å². The first-order valence-electron chi connectivity index (χ1n) is 6.08. The molecule has 0 saturated heterocycles. The van der Waals surface area contributed by atoms with E-state index in [0.29, 0.717) is 5.75 Å². The highest BCUT2D eigenvalue weighted by molar-refractivity contribution is 5.40. The lowest BCUT2D eigenvalue weighted by molar-refractivity contribution is 0.402. The lowest BCUT2D eigenvalue weighted by Crippen LogP contribution is -2.21. The van der Waals surface area contributed by atoms with Crippen LogP contribution < -0.4 is 10.1 Å². The molecule has 1 aromatic carbocycles. The first-order chi connectivity index (χ1) is 9.06. The van der Waals surface area contributed by atoms with E-state index in [9.17, 15) is 4.39 Å². The third-order valence-corrected chi connectivity index (χ3v) is 3.13. The third-order valence-electron chi connectivity index (χ3n) is 3.13. The Morgan fingerprint density at radius 3 is 2.63 bits per heavy atom. The lowest BCUT2D eigenvalue weighted by atomic mass is 10.0. The van der Waals surface area contributed by atoms with Crippen molar-refractivity contribution in [3.63, 3.8) is 0 Å². The van der Waals surface area contributed by atoms with Gasteiger partial charge in [-0.15, -0.1) is 0 Å². The topological polar surface area (TPSA) is 39.1 Å². The van der Waals surface area contributed by atoms with Gasteiger partial charge in [-0.2, -0.15) is 5.10 Å². The summed E-state index contributed by atoms with van der Waals surface area (Å²) in [6.45, 7) is 1.93. The monoisotopic (exact) mass is 263 g/mol. The van der Waals surface area contributed by atoms with E-state index < -0.39 is 0 Å². The van der Waals surface area contributed by atoms with Gasteiger partial charge < -0.3 is 10.1 Å². The molecule has 1 heterocycles. The normalized spacial score (nSPS) is 12.5. The second-order valence-corrected chi connectivity index (χ2v) is 4.44. The Kier molecular flexibility index (Phi) is 3.85. The number of halogens is 1. The highest BCUT2D eigenvalue weighted by Crippen LogP contribution is 2.30. The summed E-state index contributed by atoms with van der Waals surface area (Å²) in [5, 5.41) is 7.51. The summed E-state index contributed by atoms with van der Waals surface area (Å²) >= 11 is 0. The first-order valence-corrected chi connectivity index (χ1v) is 6.08. The van der Waals surface area contributed by atoms with Crippen LogP contribution in [-0.2, 0) is 7.05 Å². The fraction of sp³-hybridized carbons (Fsp3) is 0.357. The summed E-state index contributed by atoms with van der Waals surface area (Å²) in [4.78, 5) is 0. The van der Waals surface area contributed by atoms with Gasteiger partial charge in [0.2, 0.25) is 0 Å². The molecule has 0 spiro atoms. The third kappa shape index (κ3) is 2.61. The van der Waals surface area contributed by atoms with Gasteiger partial charge in [0.15, 0.2) is 0 Å². The molecule has 2 rings (SSSR count). The highest BCUT2D eigenvalue weighted by atomic mass is 19.1.